The number of amides is 2. The Hall–Kier alpha value is -3.74. The molecule has 1 heterocycles. The summed E-state index contributed by atoms with van der Waals surface area (Å²) in [5.41, 5.74) is 1.84. The van der Waals surface area contributed by atoms with Crippen LogP contribution in [-0.2, 0) is 22.6 Å². The third kappa shape index (κ3) is 3.71. The molecule has 2 bridgehead atoms. The number of hydrogen-bond acceptors (Lipinski definition) is 5. The molecule has 6 nitrogen and oxygen atoms in total. The highest BCUT2D eigenvalue weighted by Crippen LogP contribution is 2.52. The maximum absolute atomic E-state index is 14.0. The van der Waals surface area contributed by atoms with Gasteiger partial charge in [0.25, 0.3) is 11.8 Å². The number of ether oxygens (including phenoxy) is 2. The molecule has 2 aliphatic carbocycles. The summed E-state index contributed by atoms with van der Waals surface area (Å²) in [6, 6.07) is 9.97. The molecule has 0 N–H and O–H groups in total. The summed E-state index contributed by atoms with van der Waals surface area (Å²) in [6.45, 7) is 3.84. The highest BCUT2D eigenvalue weighted by Gasteiger charge is 2.59. The Morgan fingerprint density at radius 3 is 2.47 bits per heavy atom. The molecule has 1 saturated carbocycles. The maximum atomic E-state index is 14.0. The average Bonchev–Trinajstić information content (AvgIpc) is 3.52. The van der Waals surface area contributed by atoms with Gasteiger partial charge in [0.05, 0.1) is 25.2 Å². The minimum Gasteiger partial charge on any atom is -0.493 e. The lowest BCUT2D eigenvalue weighted by atomic mass is 9.85. The second-order valence-electron chi connectivity index (χ2n) is 8.82. The first kappa shape index (κ1) is 22.1. The summed E-state index contributed by atoms with van der Waals surface area (Å²) in [6.07, 6.45) is 8.67. The van der Waals surface area contributed by atoms with Crippen LogP contribution in [0.5, 0.6) is 11.5 Å². The molecule has 2 aromatic carbocycles. The zero-order valence-corrected chi connectivity index (χ0v) is 18.8. The van der Waals surface area contributed by atoms with Crippen LogP contribution in [0.1, 0.15) is 23.1 Å². The van der Waals surface area contributed by atoms with Crippen molar-refractivity contribution < 1.29 is 23.5 Å². The van der Waals surface area contributed by atoms with Crippen molar-refractivity contribution in [3.63, 3.8) is 0 Å². The molecular formula is C27H25FN2O4. The first-order chi connectivity index (χ1) is 16.5. The molecule has 3 aliphatic rings. The lowest BCUT2D eigenvalue weighted by molar-refractivity contribution is -0.140. The Bertz CT molecular complexity index is 1190. The van der Waals surface area contributed by atoms with Gasteiger partial charge in [0.2, 0.25) is 0 Å². The molecule has 0 radical (unpaired) electrons. The van der Waals surface area contributed by atoms with Gasteiger partial charge >= 0.3 is 0 Å². The minimum atomic E-state index is -0.344. The third-order valence-corrected chi connectivity index (χ3v) is 6.84. The Morgan fingerprint density at radius 1 is 1.12 bits per heavy atom. The van der Waals surface area contributed by atoms with Gasteiger partial charge in [-0.1, -0.05) is 36.4 Å². The van der Waals surface area contributed by atoms with Gasteiger partial charge in [0.1, 0.15) is 12.4 Å². The van der Waals surface area contributed by atoms with Gasteiger partial charge in [-0.15, -0.1) is 6.58 Å². The summed E-state index contributed by atoms with van der Waals surface area (Å²) in [5, 5.41) is 5.27. The fourth-order valence-corrected chi connectivity index (χ4v) is 5.27. The van der Waals surface area contributed by atoms with E-state index in [-0.39, 0.29) is 47.9 Å². The highest BCUT2D eigenvalue weighted by atomic mass is 19.1. The Morgan fingerprint density at radius 2 is 1.82 bits per heavy atom. The van der Waals surface area contributed by atoms with Gasteiger partial charge in [-0.25, -0.2) is 4.39 Å². The smallest absolute Gasteiger partial charge is 0.254 e. The van der Waals surface area contributed by atoms with Crippen LogP contribution in [0.15, 0.2) is 66.3 Å². The molecule has 34 heavy (non-hydrogen) atoms. The van der Waals surface area contributed by atoms with E-state index in [9.17, 15) is 14.0 Å². The number of hydrogen-bond donors (Lipinski definition) is 0. The van der Waals surface area contributed by atoms with Crippen molar-refractivity contribution in [3.8, 4) is 11.5 Å². The standard InChI is InChI=1S/C27H25FN2O4/c1-3-6-19-11-16(12-22(33-2)25(19)34-15-20-7-4-5-8-21(20)28)14-29-30-26(31)23-17-9-10-18(13-17)24(23)27(30)32/h3-5,7-12,14,17-18,23-24H,1,6,13,15H2,2H3. The van der Waals surface area contributed by atoms with Crippen LogP contribution in [0, 0.1) is 29.5 Å². The van der Waals surface area contributed by atoms with Gasteiger partial charge in [-0.3, -0.25) is 9.59 Å². The quantitative estimate of drug-likeness (QED) is 0.335. The number of nitrogens with zero attached hydrogens (tertiary/aromatic N) is 2. The predicted octanol–water partition coefficient (Wildman–Crippen LogP) is 4.28. The van der Waals surface area contributed by atoms with Crippen molar-refractivity contribution in [2.24, 2.45) is 28.8 Å². The number of carbonyl (C=O) groups excluding carboxylic acids is 2. The van der Waals surface area contributed by atoms with E-state index in [0.29, 0.717) is 29.0 Å². The fraction of sp³-hybridized carbons (Fsp3) is 0.296. The van der Waals surface area contributed by atoms with Crippen molar-refractivity contribution in [2.75, 3.05) is 7.11 Å². The summed E-state index contributed by atoms with van der Waals surface area (Å²) in [7, 11) is 1.52. The van der Waals surface area contributed by atoms with E-state index in [1.54, 1.807) is 30.3 Å². The summed E-state index contributed by atoms with van der Waals surface area (Å²) in [4.78, 5) is 25.7. The van der Waals surface area contributed by atoms with Gasteiger partial charge in [0.15, 0.2) is 11.5 Å². The number of allylic oxidation sites excluding steroid dienone is 3. The maximum Gasteiger partial charge on any atom is 0.254 e. The van der Waals surface area contributed by atoms with Gasteiger partial charge in [-0.05, 0) is 48.4 Å². The minimum absolute atomic E-state index is 0.0382. The van der Waals surface area contributed by atoms with Crippen LogP contribution in [-0.4, -0.2) is 30.1 Å². The van der Waals surface area contributed by atoms with Crippen LogP contribution in [0.25, 0.3) is 0 Å². The molecule has 1 aliphatic heterocycles. The number of carbonyl (C=O) groups is 2. The molecule has 0 aromatic heterocycles. The molecule has 5 rings (SSSR count). The predicted molar refractivity (Wildman–Crippen MR) is 125 cm³/mol. The first-order valence-electron chi connectivity index (χ1n) is 11.3. The first-order valence-corrected chi connectivity index (χ1v) is 11.3. The van der Waals surface area contributed by atoms with Crippen LogP contribution in [0.2, 0.25) is 0 Å². The van der Waals surface area contributed by atoms with E-state index in [1.165, 1.54) is 19.4 Å². The number of fused-ring (bicyclic) bond motifs is 5. The second kappa shape index (κ2) is 8.89. The van der Waals surface area contributed by atoms with E-state index in [4.69, 9.17) is 9.47 Å². The second-order valence-corrected chi connectivity index (χ2v) is 8.82. The fourth-order valence-electron chi connectivity index (χ4n) is 5.27. The van der Waals surface area contributed by atoms with Crippen molar-refractivity contribution in [1.82, 2.24) is 5.01 Å². The lowest BCUT2D eigenvalue weighted by Crippen LogP contribution is -2.28. The molecule has 1 saturated heterocycles. The molecule has 174 valence electrons. The highest BCUT2D eigenvalue weighted by molar-refractivity contribution is 6.06. The molecule has 2 amide bonds. The van der Waals surface area contributed by atoms with Crippen molar-refractivity contribution in [3.05, 3.63) is 83.7 Å². The van der Waals surface area contributed by atoms with Gasteiger partial charge < -0.3 is 9.47 Å². The SMILES string of the molecule is C=CCc1cc(C=NN2C(=O)C3C4C=CC(C4)C3C2=O)cc(OC)c1OCc1ccccc1F. The van der Waals surface area contributed by atoms with Crippen molar-refractivity contribution >= 4 is 18.0 Å². The molecule has 0 spiro atoms. The molecule has 7 heteroatoms. The zero-order valence-electron chi connectivity index (χ0n) is 18.8. The summed E-state index contributed by atoms with van der Waals surface area (Å²) in [5.74, 6) is -0.196. The normalized spacial score (nSPS) is 24.8. The number of benzene rings is 2. The average molecular weight is 461 g/mol. The number of rotatable bonds is 8. The van der Waals surface area contributed by atoms with E-state index in [2.05, 4.69) is 23.8 Å². The largest absolute Gasteiger partial charge is 0.493 e. The Balaban J connectivity index is 1.39. The number of hydrazone groups is 1. The molecule has 2 fully saturated rings. The Kier molecular flexibility index (Phi) is 5.77. The molecule has 4 unspecified atom stereocenters. The summed E-state index contributed by atoms with van der Waals surface area (Å²) >= 11 is 0. The van der Waals surface area contributed by atoms with Crippen LogP contribution in [0.4, 0.5) is 4.39 Å². The number of halogens is 1. The molecular weight excluding hydrogens is 435 g/mol. The number of methoxy groups -OCH3 is 1. The van der Waals surface area contributed by atoms with E-state index in [1.807, 2.05) is 6.07 Å². The zero-order chi connectivity index (χ0) is 23.8. The van der Waals surface area contributed by atoms with Crippen LogP contribution < -0.4 is 9.47 Å². The Labute approximate surface area is 197 Å². The molecule has 2 aromatic rings. The third-order valence-electron chi connectivity index (χ3n) is 6.84. The number of imide groups is 1. The summed E-state index contributed by atoms with van der Waals surface area (Å²) < 4.78 is 25.5. The van der Waals surface area contributed by atoms with Crippen LogP contribution >= 0.6 is 0 Å². The van der Waals surface area contributed by atoms with Crippen molar-refractivity contribution in [2.45, 2.75) is 19.4 Å². The molecule has 4 atom stereocenters. The van der Waals surface area contributed by atoms with Gasteiger partial charge in [0, 0.05) is 11.1 Å². The topological polar surface area (TPSA) is 68.2 Å². The van der Waals surface area contributed by atoms with Crippen LogP contribution in [0.3, 0.4) is 0 Å². The lowest BCUT2D eigenvalue weighted by Gasteiger charge is -2.16. The van der Waals surface area contributed by atoms with E-state index < -0.39 is 0 Å². The van der Waals surface area contributed by atoms with E-state index >= 15 is 0 Å². The van der Waals surface area contributed by atoms with Crippen molar-refractivity contribution in [1.29, 1.82) is 0 Å². The van der Waals surface area contributed by atoms with E-state index in [0.717, 1.165) is 17.0 Å². The monoisotopic (exact) mass is 460 g/mol. The van der Waals surface area contributed by atoms with Gasteiger partial charge in [-0.2, -0.15) is 10.1 Å².